The molecule has 8 heteroatoms. The van der Waals surface area contributed by atoms with Crippen LogP contribution in [0.25, 0.3) is 0 Å². The fraction of sp³-hybridized carbons (Fsp3) is 0.778. The molecule has 4 N–H and O–H groups in total. The maximum absolute atomic E-state index is 14.5. The molecule has 0 atom stereocenters. The number of benzene rings is 2. The van der Waals surface area contributed by atoms with Gasteiger partial charge in [-0.2, -0.15) is 0 Å². The largest absolute Gasteiger partial charge is 0.466 e. The Balaban J connectivity index is 2.63. The number of rotatable bonds is 34. The molecule has 0 saturated heterocycles. The Morgan fingerprint density at radius 2 is 0.648 bits per heavy atom. The summed E-state index contributed by atoms with van der Waals surface area (Å²) in [5.41, 5.74) is -0.207. The lowest BCUT2D eigenvalue weighted by Crippen LogP contribution is -2.57. The van der Waals surface area contributed by atoms with Crippen LogP contribution in [0.1, 0.15) is 283 Å². The van der Waals surface area contributed by atoms with Gasteiger partial charge < -0.3 is 29.9 Å². The number of hydrogen-bond donors (Lipinski definition) is 4. The van der Waals surface area contributed by atoms with Gasteiger partial charge in [-0.15, -0.1) is 0 Å². The van der Waals surface area contributed by atoms with Gasteiger partial charge in [0.2, 0.25) is 0 Å². The molecule has 0 amide bonds. The summed E-state index contributed by atoms with van der Waals surface area (Å²) in [6.45, 7) is 28.3. The highest BCUT2D eigenvalue weighted by molar-refractivity contribution is 5.70. The molecule has 0 saturated carbocycles. The van der Waals surface area contributed by atoms with Crippen LogP contribution >= 0.6 is 0 Å². The molecule has 8 nitrogen and oxygen atoms in total. The minimum absolute atomic E-state index is 0.207. The van der Waals surface area contributed by atoms with Gasteiger partial charge in [-0.05, 0) is 91.9 Å². The topological polar surface area (TPSA) is 134 Å². The van der Waals surface area contributed by atoms with Gasteiger partial charge in [0.15, 0.2) is 0 Å². The number of unbranched alkanes of at least 4 members (excludes halogenated alkanes) is 18. The van der Waals surface area contributed by atoms with Crippen molar-refractivity contribution in [2.75, 3.05) is 33.0 Å². The van der Waals surface area contributed by atoms with Gasteiger partial charge in [0.05, 0.1) is 38.4 Å². The van der Waals surface area contributed by atoms with Crippen LogP contribution in [0.5, 0.6) is 0 Å². The summed E-state index contributed by atoms with van der Waals surface area (Å²) in [5, 5.41) is 49.2. The second kappa shape index (κ2) is 30.6. The Kier molecular flexibility index (Phi) is 27.7. The minimum Gasteiger partial charge on any atom is -0.466 e. The molecular formula is C63H108O8. The van der Waals surface area contributed by atoms with E-state index < -0.39 is 52.5 Å². The molecule has 2 aromatic rings. The van der Waals surface area contributed by atoms with Crippen molar-refractivity contribution in [2.24, 2.45) is 5.41 Å². The highest BCUT2D eigenvalue weighted by atomic mass is 16.5. The number of aliphatic hydroxyl groups excluding tert-OH is 3. The molecule has 0 bridgehead atoms. The summed E-state index contributed by atoms with van der Waals surface area (Å²) in [7, 11) is 0. The first-order chi connectivity index (χ1) is 33.3. The molecule has 0 aliphatic rings. The zero-order chi connectivity index (χ0) is 53.5. The van der Waals surface area contributed by atoms with E-state index in [1.165, 1.54) is 89.9 Å². The standard InChI is InChI=1S/C63H108O8/c1-15-17-19-21-23-25-27-29-31-33-39-70-54(67)37-35-48-41-50(58(3,4)5)56(51(42-48)59(6,7)8)63(69,62(45-64,46-65)47-66)57-52(60(9,10)11)43-49(44-53(57)61(12,13)14)36-38-55(68)71-40-34-32-30-28-26-24-22-20-18-16-2/h41-44,64-66,69H,15-40,45-47H2,1-14H3. The summed E-state index contributed by atoms with van der Waals surface area (Å²) in [6, 6.07) is 8.30. The van der Waals surface area contributed by atoms with Crippen LogP contribution in [0.2, 0.25) is 0 Å². The van der Waals surface area contributed by atoms with Crippen molar-refractivity contribution in [2.45, 2.75) is 278 Å². The van der Waals surface area contributed by atoms with Crippen LogP contribution in [0.15, 0.2) is 24.3 Å². The van der Waals surface area contributed by atoms with Crippen molar-refractivity contribution in [1.82, 2.24) is 0 Å². The summed E-state index contributed by atoms with van der Waals surface area (Å²) >= 11 is 0. The molecule has 0 spiro atoms. The summed E-state index contributed by atoms with van der Waals surface area (Å²) in [6.07, 6.45) is 25.5. The van der Waals surface area contributed by atoms with Crippen molar-refractivity contribution >= 4 is 11.9 Å². The molecule has 2 aromatic carbocycles. The van der Waals surface area contributed by atoms with E-state index in [9.17, 15) is 30.0 Å². The van der Waals surface area contributed by atoms with Gasteiger partial charge in [0, 0.05) is 12.8 Å². The van der Waals surface area contributed by atoms with Crippen molar-refractivity contribution in [3.63, 3.8) is 0 Å². The van der Waals surface area contributed by atoms with Crippen molar-refractivity contribution < 1.29 is 39.5 Å². The summed E-state index contributed by atoms with van der Waals surface area (Å²) in [4.78, 5) is 26.5. The Labute approximate surface area is 435 Å². The summed E-state index contributed by atoms with van der Waals surface area (Å²) < 4.78 is 11.5. The molecule has 0 radical (unpaired) electrons. The Morgan fingerprint density at radius 3 is 0.873 bits per heavy atom. The maximum Gasteiger partial charge on any atom is 0.306 e. The zero-order valence-electron chi connectivity index (χ0n) is 48.2. The van der Waals surface area contributed by atoms with Crippen LogP contribution < -0.4 is 0 Å². The lowest BCUT2D eigenvalue weighted by atomic mass is 9.56. The van der Waals surface area contributed by atoms with E-state index in [1.54, 1.807) is 0 Å². The average molecular weight is 994 g/mol. The van der Waals surface area contributed by atoms with E-state index in [0.29, 0.717) is 37.2 Å². The quantitative estimate of drug-likeness (QED) is 0.0402. The van der Waals surface area contributed by atoms with E-state index >= 15 is 0 Å². The fourth-order valence-electron chi connectivity index (χ4n) is 10.2. The van der Waals surface area contributed by atoms with Gasteiger partial charge in [-0.25, -0.2) is 0 Å². The third kappa shape index (κ3) is 20.1. The lowest BCUT2D eigenvalue weighted by molar-refractivity contribution is -0.144. The van der Waals surface area contributed by atoms with E-state index in [0.717, 1.165) is 71.9 Å². The van der Waals surface area contributed by atoms with Gasteiger partial charge in [-0.3, -0.25) is 9.59 Å². The van der Waals surface area contributed by atoms with E-state index in [1.807, 2.05) is 0 Å². The highest BCUT2D eigenvalue weighted by Crippen LogP contribution is 2.56. The van der Waals surface area contributed by atoms with Crippen molar-refractivity contribution in [3.8, 4) is 0 Å². The number of aryl methyl sites for hydroxylation is 2. The second-order valence-electron chi connectivity index (χ2n) is 25.4. The van der Waals surface area contributed by atoms with Crippen LogP contribution in [-0.2, 0) is 59.2 Å². The Morgan fingerprint density at radius 1 is 0.408 bits per heavy atom. The number of hydrogen-bond acceptors (Lipinski definition) is 8. The second-order valence-corrected chi connectivity index (χ2v) is 25.4. The number of aliphatic hydroxyl groups is 4. The predicted molar refractivity (Wildman–Crippen MR) is 297 cm³/mol. The molecule has 0 aromatic heterocycles. The number of carbonyl (C=O) groups is 2. The molecular weight excluding hydrogens is 885 g/mol. The first-order valence-electron chi connectivity index (χ1n) is 28.5. The van der Waals surface area contributed by atoms with Gasteiger partial charge in [-0.1, -0.05) is 237 Å². The Bertz CT molecular complexity index is 1640. The van der Waals surface area contributed by atoms with Crippen LogP contribution in [-0.4, -0.2) is 65.4 Å². The van der Waals surface area contributed by atoms with Gasteiger partial charge in [0.1, 0.15) is 5.60 Å². The maximum atomic E-state index is 14.5. The molecule has 0 aliphatic carbocycles. The van der Waals surface area contributed by atoms with E-state index in [-0.39, 0.29) is 24.8 Å². The summed E-state index contributed by atoms with van der Waals surface area (Å²) in [5.74, 6) is -0.467. The lowest BCUT2D eigenvalue weighted by Gasteiger charge is -2.52. The number of carbonyl (C=O) groups excluding carboxylic acids is 2. The molecule has 0 unspecified atom stereocenters. The molecule has 408 valence electrons. The average Bonchev–Trinajstić information content (AvgIpc) is 3.30. The highest BCUT2D eigenvalue weighted by Gasteiger charge is 2.58. The SMILES string of the molecule is CCCCCCCCCCCCOC(=O)CCc1cc(C(C)(C)C)c(C(O)(c2c(C(C)(C)C)cc(CCC(=O)OCCCCCCCCCCCC)cc2C(C)(C)C)C(CO)(CO)CO)c(C(C)(C)C)c1. The van der Waals surface area contributed by atoms with Crippen LogP contribution in [0.3, 0.4) is 0 Å². The van der Waals surface area contributed by atoms with Gasteiger partial charge in [0.25, 0.3) is 0 Å². The molecule has 0 heterocycles. The van der Waals surface area contributed by atoms with E-state index in [4.69, 9.17) is 9.47 Å². The smallest absolute Gasteiger partial charge is 0.306 e. The van der Waals surface area contributed by atoms with Crippen molar-refractivity contribution in [3.05, 3.63) is 68.8 Å². The third-order valence-corrected chi connectivity index (χ3v) is 14.8. The van der Waals surface area contributed by atoms with Crippen molar-refractivity contribution in [1.29, 1.82) is 0 Å². The Hall–Kier alpha value is -2.78. The van der Waals surface area contributed by atoms with Crippen LogP contribution in [0.4, 0.5) is 0 Å². The molecule has 0 fully saturated rings. The fourth-order valence-corrected chi connectivity index (χ4v) is 10.2. The predicted octanol–water partition coefficient (Wildman–Crippen LogP) is 14.9. The first kappa shape index (κ1) is 64.3. The van der Waals surface area contributed by atoms with Gasteiger partial charge >= 0.3 is 11.9 Å². The zero-order valence-corrected chi connectivity index (χ0v) is 48.2. The molecule has 2 rings (SSSR count). The monoisotopic (exact) mass is 993 g/mol. The normalized spacial score (nSPS) is 13.0. The molecule has 0 aliphatic heterocycles. The minimum atomic E-state index is -2.15. The molecule has 71 heavy (non-hydrogen) atoms. The van der Waals surface area contributed by atoms with Crippen LogP contribution in [0, 0.1) is 5.41 Å². The number of ether oxygens (including phenoxy) is 2. The third-order valence-electron chi connectivity index (χ3n) is 14.8. The van der Waals surface area contributed by atoms with E-state index in [2.05, 4.69) is 121 Å². The number of esters is 2. The first-order valence-corrected chi connectivity index (χ1v) is 28.5.